The van der Waals surface area contributed by atoms with Crippen molar-refractivity contribution in [3.8, 4) is 0 Å². The van der Waals surface area contributed by atoms with Crippen molar-refractivity contribution in [3.63, 3.8) is 0 Å². The monoisotopic (exact) mass is 165 g/mol. The summed E-state index contributed by atoms with van der Waals surface area (Å²) in [5, 5.41) is 0. The molecular formula is C11H19N. The molecule has 0 spiro atoms. The Morgan fingerprint density at radius 3 is 2.25 bits per heavy atom. The van der Waals surface area contributed by atoms with Crippen LogP contribution in [-0.4, -0.2) is 25.5 Å². The largest absolute Gasteiger partial charge is 0.305 e. The molecule has 0 N–H and O–H groups in total. The topological polar surface area (TPSA) is 3.24 Å². The third kappa shape index (κ3) is 5.93. The summed E-state index contributed by atoms with van der Waals surface area (Å²) >= 11 is 0. The molecule has 0 unspecified atom stereocenters. The van der Waals surface area contributed by atoms with Crippen LogP contribution in [0.15, 0.2) is 36.0 Å². The van der Waals surface area contributed by atoms with Crippen molar-refractivity contribution in [1.82, 2.24) is 4.90 Å². The average molecular weight is 165 g/mol. The Balaban J connectivity index is 4.35. The molecule has 0 aromatic carbocycles. The average Bonchev–Trinajstić information content (AvgIpc) is 1.84. The van der Waals surface area contributed by atoms with Gasteiger partial charge in [0.2, 0.25) is 0 Å². The van der Waals surface area contributed by atoms with Crippen LogP contribution in [0, 0.1) is 0 Å². The Morgan fingerprint density at radius 2 is 1.92 bits per heavy atom. The Hall–Kier alpha value is -0.820. The molecule has 0 aliphatic rings. The fourth-order valence-electron chi connectivity index (χ4n) is 1.03. The first-order valence-corrected chi connectivity index (χ1v) is 4.17. The predicted octanol–water partition coefficient (Wildman–Crippen LogP) is 2.63. The van der Waals surface area contributed by atoms with Gasteiger partial charge in [0.25, 0.3) is 0 Å². The van der Waals surface area contributed by atoms with E-state index in [0.29, 0.717) is 0 Å². The lowest BCUT2D eigenvalue weighted by Gasteiger charge is -2.10. The van der Waals surface area contributed by atoms with Crippen LogP contribution in [-0.2, 0) is 0 Å². The smallest absolute Gasteiger partial charge is 0.0227 e. The second-order valence-corrected chi connectivity index (χ2v) is 3.44. The normalized spacial score (nSPS) is 11.6. The van der Waals surface area contributed by atoms with Gasteiger partial charge in [-0.25, -0.2) is 0 Å². The first-order chi connectivity index (χ1) is 5.56. The number of likely N-dealkylation sites (N-methyl/N-ethyl adjacent to an activating group) is 1. The van der Waals surface area contributed by atoms with E-state index in [2.05, 4.69) is 45.5 Å². The Labute approximate surface area is 76.1 Å². The molecule has 0 radical (unpaired) electrons. The van der Waals surface area contributed by atoms with Crippen molar-refractivity contribution in [1.29, 1.82) is 0 Å². The van der Waals surface area contributed by atoms with Crippen molar-refractivity contribution in [3.05, 3.63) is 36.0 Å². The Morgan fingerprint density at radius 1 is 1.33 bits per heavy atom. The zero-order valence-corrected chi connectivity index (χ0v) is 8.59. The second kappa shape index (κ2) is 5.78. The summed E-state index contributed by atoms with van der Waals surface area (Å²) in [6.45, 7) is 8.87. The summed E-state index contributed by atoms with van der Waals surface area (Å²) in [5.74, 6) is 0. The van der Waals surface area contributed by atoms with Gasteiger partial charge in [-0.1, -0.05) is 30.4 Å². The molecule has 0 bridgehead atoms. The van der Waals surface area contributed by atoms with Crippen molar-refractivity contribution >= 4 is 0 Å². The summed E-state index contributed by atoms with van der Waals surface area (Å²) < 4.78 is 0. The van der Waals surface area contributed by atoms with Gasteiger partial charge in [-0.15, -0.1) is 0 Å². The highest BCUT2D eigenvalue weighted by atomic mass is 15.0. The van der Waals surface area contributed by atoms with Gasteiger partial charge >= 0.3 is 0 Å². The first-order valence-electron chi connectivity index (χ1n) is 4.17. The molecule has 1 nitrogen and oxygen atoms in total. The van der Waals surface area contributed by atoms with E-state index in [9.17, 15) is 0 Å². The molecule has 1 heteroatoms. The number of hydrogen-bond acceptors (Lipinski definition) is 1. The lowest BCUT2D eigenvalue weighted by molar-refractivity contribution is 0.449. The van der Waals surface area contributed by atoms with Crippen LogP contribution in [0.25, 0.3) is 0 Å². The lowest BCUT2D eigenvalue weighted by Crippen LogP contribution is -2.14. The van der Waals surface area contributed by atoms with Crippen LogP contribution in [0.3, 0.4) is 0 Å². The van der Waals surface area contributed by atoms with E-state index >= 15 is 0 Å². The number of nitrogens with zero attached hydrogens (tertiary/aromatic N) is 1. The minimum Gasteiger partial charge on any atom is -0.305 e. The van der Waals surface area contributed by atoms with E-state index in [-0.39, 0.29) is 0 Å². The fraction of sp³-hybridized carbons (Fsp3) is 0.455. The molecule has 0 aromatic rings. The maximum absolute atomic E-state index is 3.69. The number of allylic oxidation sites excluding steroid dienone is 3. The molecule has 0 rings (SSSR count). The van der Waals surface area contributed by atoms with Gasteiger partial charge in [0.15, 0.2) is 0 Å². The number of hydrogen-bond donors (Lipinski definition) is 0. The highest BCUT2D eigenvalue weighted by Crippen LogP contribution is 2.03. The molecule has 0 saturated carbocycles. The van der Waals surface area contributed by atoms with E-state index in [1.54, 1.807) is 0 Å². The van der Waals surface area contributed by atoms with Gasteiger partial charge in [0.1, 0.15) is 0 Å². The van der Waals surface area contributed by atoms with Gasteiger partial charge in [-0.05, 0) is 33.5 Å². The Kier molecular flexibility index (Phi) is 5.39. The maximum atomic E-state index is 3.69. The Bertz CT molecular complexity index is 193. The minimum absolute atomic E-state index is 0.969. The van der Waals surface area contributed by atoms with E-state index in [1.807, 2.05) is 12.2 Å². The third-order valence-electron chi connectivity index (χ3n) is 1.30. The lowest BCUT2D eigenvalue weighted by atomic mass is 10.1. The van der Waals surface area contributed by atoms with E-state index in [0.717, 1.165) is 6.54 Å². The molecule has 0 amide bonds. The summed E-state index contributed by atoms with van der Waals surface area (Å²) in [6, 6.07) is 0. The summed E-state index contributed by atoms with van der Waals surface area (Å²) in [6.07, 6.45) is 6.06. The van der Waals surface area contributed by atoms with Crippen LogP contribution >= 0.6 is 0 Å². The van der Waals surface area contributed by atoms with Crippen molar-refractivity contribution in [2.24, 2.45) is 0 Å². The SMILES string of the molecule is C=C/C=C(\C=C(C)C)CN(C)C. The summed E-state index contributed by atoms with van der Waals surface area (Å²) in [4.78, 5) is 2.15. The summed E-state index contributed by atoms with van der Waals surface area (Å²) in [7, 11) is 4.13. The molecule has 12 heavy (non-hydrogen) atoms. The zero-order chi connectivity index (χ0) is 9.56. The van der Waals surface area contributed by atoms with E-state index in [4.69, 9.17) is 0 Å². The van der Waals surface area contributed by atoms with E-state index < -0.39 is 0 Å². The molecular weight excluding hydrogens is 146 g/mol. The van der Waals surface area contributed by atoms with Crippen LogP contribution in [0.1, 0.15) is 13.8 Å². The minimum atomic E-state index is 0.969. The molecule has 0 aromatic heterocycles. The third-order valence-corrected chi connectivity index (χ3v) is 1.30. The zero-order valence-electron chi connectivity index (χ0n) is 8.59. The van der Waals surface area contributed by atoms with Gasteiger partial charge in [-0.3, -0.25) is 0 Å². The molecule has 0 heterocycles. The van der Waals surface area contributed by atoms with Gasteiger partial charge in [-0.2, -0.15) is 0 Å². The number of rotatable bonds is 4. The molecule has 0 aliphatic carbocycles. The predicted molar refractivity (Wildman–Crippen MR) is 56.3 cm³/mol. The van der Waals surface area contributed by atoms with Gasteiger partial charge in [0, 0.05) is 6.54 Å². The first kappa shape index (κ1) is 11.2. The van der Waals surface area contributed by atoms with Crippen molar-refractivity contribution in [2.75, 3.05) is 20.6 Å². The van der Waals surface area contributed by atoms with Crippen LogP contribution in [0.4, 0.5) is 0 Å². The molecule has 0 saturated heterocycles. The standard InChI is InChI=1S/C11H19N/c1-6-7-11(8-10(2)3)9-12(4)5/h6-8H,1,9H2,2-5H3/b11-7+. The van der Waals surface area contributed by atoms with Crippen LogP contribution < -0.4 is 0 Å². The summed E-state index contributed by atoms with van der Waals surface area (Å²) in [5.41, 5.74) is 2.62. The van der Waals surface area contributed by atoms with Gasteiger partial charge < -0.3 is 4.90 Å². The van der Waals surface area contributed by atoms with Gasteiger partial charge in [0.05, 0.1) is 0 Å². The highest BCUT2D eigenvalue weighted by Gasteiger charge is 1.93. The van der Waals surface area contributed by atoms with Crippen molar-refractivity contribution < 1.29 is 0 Å². The highest BCUT2D eigenvalue weighted by molar-refractivity contribution is 5.26. The molecule has 0 fully saturated rings. The molecule has 0 aliphatic heterocycles. The van der Waals surface area contributed by atoms with Crippen molar-refractivity contribution in [2.45, 2.75) is 13.8 Å². The quantitative estimate of drug-likeness (QED) is 0.579. The maximum Gasteiger partial charge on any atom is 0.0227 e. The fourth-order valence-corrected chi connectivity index (χ4v) is 1.03. The van der Waals surface area contributed by atoms with Crippen LogP contribution in [0.5, 0.6) is 0 Å². The molecule has 0 atom stereocenters. The molecule has 68 valence electrons. The van der Waals surface area contributed by atoms with Crippen LogP contribution in [0.2, 0.25) is 0 Å². The second-order valence-electron chi connectivity index (χ2n) is 3.44. The van der Waals surface area contributed by atoms with E-state index in [1.165, 1.54) is 11.1 Å².